The van der Waals surface area contributed by atoms with E-state index in [0.29, 0.717) is 6.54 Å². The minimum atomic E-state index is -0.114. The van der Waals surface area contributed by atoms with Crippen molar-refractivity contribution >= 4 is 6.03 Å². The van der Waals surface area contributed by atoms with Crippen molar-refractivity contribution in [2.75, 3.05) is 13.1 Å². The van der Waals surface area contributed by atoms with Crippen molar-refractivity contribution in [1.82, 2.24) is 15.5 Å². The van der Waals surface area contributed by atoms with Gasteiger partial charge in [-0.3, -0.25) is 4.90 Å². The van der Waals surface area contributed by atoms with Gasteiger partial charge in [-0.25, -0.2) is 4.79 Å². The Morgan fingerprint density at radius 3 is 2.24 bits per heavy atom. The second-order valence-electron chi connectivity index (χ2n) is 6.70. The third-order valence-corrected chi connectivity index (χ3v) is 4.80. The summed E-state index contributed by atoms with van der Waals surface area (Å²) in [5.74, 6) is 0. The number of benzene rings is 2. The lowest BCUT2D eigenvalue weighted by atomic mass is 9.99. The minimum Gasteiger partial charge on any atom is -0.334 e. The van der Waals surface area contributed by atoms with Crippen LogP contribution in [-0.4, -0.2) is 30.1 Å². The molecule has 2 unspecified atom stereocenters. The van der Waals surface area contributed by atoms with Crippen molar-refractivity contribution in [2.45, 2.75) is 38.4 Å². The van der Waals surface area contributed by atoms with Gasteiger partial charge in [-0.15, -0.1) is 0 Å². The van der Waals surface area contributed by atoms with Crippen LogP contribution < -0.4 is 10.6 Å². The van der Waals surface area contributed by atoms with E-state index in [2.05, 4.69) is 46.7 Å². The number of nitrogens with zero attached hydrogens (tertiary/aromatic N) is 1. The molecule has 1 heterocycles. The first kappa shape index (κ1) is 17.5. The Morgan fingerprint density at radius 2 is 1.60 bits per heavy atom. The molecule has 0 aromatic heterocycles. The van der Waals surface area contributed by atoms with Gasteiger partial charge in [0.25, 0.3) is 0 Å². The van der Waals surface area contributed by atoms with Crippen LogP contribution in [0.25, 0.3) is 0 Å². The van der Waals surface area contributed by atoms with Crippen molar-refractivity contribution < 1.29 is 4.79 Å². The van der Waals surface area contributed by atoms with Gasteiger partial charge in [-0.2, -0.15) is 0 Å². The number of carbonyl (C=O) groups excluding carboxylic acids is 1. The van der Waals surface area contributed by atoms with Gasteiger partial charge in [0.2, 0.25) is 0 Å². The highest BCUT2D eigenvalue weighted by Crippen LogP contribution is 2.28. The van der Waals surface area contributed by atoms with Gasteiger partial charge in [-0.05, 0) is 44.0 Å². The maximum Gasteiger partial charge on any atom is 0.315 e. The SMILES string of the molecule is CC(NC(=O)NCc1ccccc1)C(c1ccccc1)N1CCCC1. The predicted molar refractivity (Wildman–Crippen MR) is 101 cm³/mol. The van der Waals surface area contributed by atoms with Crippen LogP contribution in [-0.2, 0) is 6.54 Å². The summed E-state index contributed by atoms with van der Waals surface area (Å²) in [6.45, 7) is 4.83. The van der Waals surface area contributed by atoms with Crippen molar-refractivity contribution in [3.8, 4) is 0 Å². The van der Waals surface area contributed by atoms with Crippen LogP contribution in [0.15, 0.2) is 60.7 Å². The van der Waals surface area contributed by atoms with Gasteiger partial charge in [0.05, 0.1) is 6.04 Å². The monoisotopic (exact) mass is 337 g/mol. The van der Waals surface area contributed by atoms with E-state index in [0.717, 1.165) is 18.7 Å². The lowest BCUT2D eigenvalue weighted by molar-refractivity contribution is 0.193. The molecular weight excluding hydrogens is 310 g/mol. The Kier molecular flexibility index (Phi) is 6.07. The van der Waals surface area contributed by atoms with Crippen molar-refractivity contribution in [1.29, 1.82) is 0 Å². The van der Waals surface area contributed by atoms with E-state index >= 15 is 0 Å². The summed E-state index contributed by atoms with van der Waals surface area (Å²) in [5, 5.41) is 6.09. The van der Waals surface area contributed by atoms with Gasteiger partial charge < -0.3 is 10.6 Å². The van der Waals surface area contributed by atoms with Crippen LogP contribution in [0.4, 0.5) is 4.79 Å². The van der Waals surface area contributed by atoms with E-state index < -0.39 is 0 Å². The molecule has 0 saturated carbocycles. The topological polar surface area (TPSA) is 44.4 Å². The summed E-state index contributed by atoms with van der Waals surface area (Å²) in [5.41, 5.74) is 2.37. The molecule has 1 aliphatic rings. The van der Waals surface area contributed by atoms with E-state index in [-0.39, 0.29) is 18.1 Å². The molecule has 2 amide bonds. The Labute approximate surface area is 150 Å². The molecule has 1 aliphatic heterocycles. The minimum absolute atomic E-state index is 0.0382. The van der Waals surface area contributed by atoms with Gasteiger partial charge >= 0.3 is 6.03 Å². The molecule has 0 spiro atoms. The molecule has 0 bridgehead atoms. The summed E-state index contributed by atoms with van der Waals surface area (Å²) in [6.07, 6.45) is 2.46. The molecule has 4 nitrogen and oxygen atoms in total. The van der Waals surface area contributed by atoms with Crippen LogP contribution in [0.1, 0.15) is 36.9 Å². The third kappa shape index (κ3) is 4.83. The van der Waals surface area contributed by atoms with Crippen LogP contribution in [0.2, 0.25) is 0 Å². The van der Waals surface area contributed by atoms with E-state index in [1.807, 2.05) is 36.4 Å². The summed E-state index contributed by atoms with van der Waals surface area (Å²) in [6, 6.07) is 20.6. The smallest absolute Gasteiger partial charge is 0.315 e. The number of hydrogen-bond acceptors (Lipinski definition) is 2. The van der Waals surface area contributed by atoms with Crippen molar-refractivity contribution in [2.24, 2.45) is 0 Å². The normalized spacial score (nSPS) is 17.0. The highest BCUT2D eigenvalue weighted by Gasteiger charge is 2.29. The average Bonchev–Trinajstić information content (AvgIpc) is 3.16. The van der Waals surface area contributed by atoms with Crippen molar-refractivity contribution in [3.63, 3.8) is 0 Å². The molecule has 2 atom stereocenters. The molecule has 0 radical (unpaired) electrons. The number of nitrogens with one attached hydrogen (secondary N) is 2. The quantitative estimate of drug-likeness (QED) is 0.844. The zero-order chi connectivity index (χ0) is 17.5. The summed E-state index contributed by atoms with van der Waals surface area (Å²) < 4.78 is 0. The Hall–Kier alpha value is -2.33. The van der Waals surface area contributed by atoms with Gasteiger partial charge in [-0.1, -0.05) is 60.7 Å². The first-order chi connectivity index (χ1) is 12.2. The van der Waals surface area contributed by atoms with E-state index in [4.69, 9.17) is 0 Å². The van der Waals surface area contributed by atoms with Crippen LogP contribution >= 0.6 is 0 Å². The number of urea groups is 1. The van der Waals surface area contributed by atoms with Crippen LogP contribution in [0.3, 0.4) is 0 Å². The molecule has 4 heteroatoms. The van der Waals surface area contributed by atoms with Gasteiger partial charge in [0, 0.05) is 12.6 Å². The first-order valence-electron chi connectivity index (χ1n) is 9.11. The average molecular weight is 337 g/mol. The number of rotatable bonds is 6. The second-order valence-corrected chi connectivity index (χ2v) is 6.70. The maximum absolute atomic E-state index is 12.3. The highest BCUT2D eigenvalue weighted by atomic mass is 16.2. The fraction of sp³-hybridized carbons (Fsp3) is 0.381. The van der Waals surface area contributed by atoms with Crippen LogP contribution in [0.5, 0.6) is 0 Å². The van der Waals surface area contributed by atoms with Crippen LogP contribution in [0, 0.1) is 0 Å². The van der Waals surface area contributed by atoms with E-state index in [9.17, 15) is 4.79 Å². The molecule has 3 rings (SSSR count). The maximum atomic E-state index is 12.3. The molecule has 2 aromatic rings. The fourth-order valence-corrected chi connectivity index (χ4v) is 3.60. The summed E-state index contributed by atoms with van der Waals surface area (Å²) >= 11 is 0. The molecule has 25 heavy (non-hydrogen) atoms. The molecule has 1 fully saturated rings. The van der Waals surface area contributed by atoms with E-state index in [1.165, 1.54) is 18.4 Å². The largest absolute Gasteiger partial charge is 0.334 e. The standard InChI is InChI=1S/C21H27N3O/c1-17(23-21(25)22-16-18-10-4-2-5-11-18)20(24-14-8-9-15-24)19-12-6-3-7-13-19/h2-7,10-13,17,20H,8-9,14-16H2,1H3,(H2,22,23,25). The second kappa shape index (κ2) is 8.67. The molecule has 0 aliphatic carbocycles. The molecular formula is C21H27N3O. The Balaban J connectivity index is 1.61. The highest BCUT2D eigenvalue weighted by molar-refractivity contribution is 5.74. The lowest BCUT2D eigenvalue weighted by Gasteiger charge is -2.33. The van der Waals surface area contributed by atoms with Crippen molar-refractivity contribution in [3.05, 3.63) is 71.8 Å². The lowest BCUT2D eigenvalue weighted by Crippen LogP contribution is -2.47. The Bertz CT molecular complexity index is 653. The fourth-order valence-electron chi connectivity index (χ4n) is 3.60. The zero-order valence-corrected chi connectivity index (χ0v) is 14.8. The number of amides is 2. The van der Waals surface area contributed by atoms with E-state index in [1.54, 1.807) is 0 Å². The molecule has 2 aromatic carbocycles. The number of likely N-dealkylation sites (tertiary alicyclic amines) is 1. The van der Waals surface area contributed by atoms with Gasteiger partial charge in [0.15, 0.2) is 0 Å². The summed E-state index contributed by atoms with van der Waals surface area (Å²) in [4.78, 5) is 14.8. The zero-order valence-electron chi connectivity index (χ0n) is 14.8. The predicted octanol–water partition coefficient (Wildman–Crippen LogP) is 3.71. The molecule has 2 N–H and O–H groups in total. The van der Waals surface area contributed by atoms with Gasteiger partial charge in [0.1, 0.15) is 0 Å². The Morgan fingerprint density at radius 1 is 1.00 bits per heavy atom. The number of carbonyl (C=O) groups is 1. The molecule has 132 valence electrons. The summed E-state index contributed by atoms with van der Waals surface area (Å²) in [7, 11) is 0. The first-order valence-corrected chi connectivity index (χ1v) is 9.11. The third-order valence-electron chi connectivity index (χ3n) is 4.80. The number of hydrogen-bond donors (Lipinski definition) is 2. The molecule has 1 saturated heterocycles.